The molecule has 4 nitrogen and oxygen atoms in total. The highest BCUT2D eigenvalue weighted by Crippen LogP contribution is 2.05. The summed E-state index contributed by atoms with van der Waals surface area (Å²) in [5.41, 5.74) is 6.62. The fraction of sp³-hybridized carbons (Fsp3) is 0.333. The van der Waals surface area contributed by atoms with Crippen molar-refractivity contribution in [3.05, 3.63) is 24.5 Å². The van der Waals surface area contributed by atoms with Crippen LogP contribution in [0.3, 0.4) is 0 Å². The first-order chi connectivity index (χ1) is 6.22. The van der Waals surface area contributed by atoms with Gasteiger partial charge in [-0.2, -0.15) is 0 Å². The second kappa shape index (κ2) is 4.45. The van der Waals surface area contributed by atoms with Crippen LogP contribution < -0.4 is 11.1 Å². The van der Waals surface area contributed by atoms with Gasteiger partial charge in [0.25, 0.3) is 0 Å². The van der Waals surface area contributed by atoms with Crippen molar-refractivity contribution in [3.8, 4) is 0 Å². The summed E-state index contributed by atoms with van der Waals surface area (Å²) in [5, 5.41) is 3.11. The van der Waals surface area contributed by atoms with Crippen molar-refractivity contribution in [2.45, 2.75) is 13.3 Å². The molecule has 0 fully saturated rings. The van der Waals surface area contributed by atoms with E-state index in [1.165, 1.54) is 6.33 Å². The van der Waals surface area contributed by atoms with Crippen LogP contribution >= 0.6 is 0 Å². The number of hydrogen-bond acceptors (Lipinski definition) is 4. The lowest BCUT2D eigenvalue weighted by Gasteiger charge is -2.05. The molecule has 0 saturated heterocycles. The molecule has 0 radical (unpaired) electrons. The minimum atomic E-state index is 0.472. The Morgan fingerprint density at radius 3 is 3.00 bits per heavy atom. The van der Waals surface area contributed by atoms with Crippen LogP contribution in [0.25, 0.3) is 0 Å². The molecule has 1 aromatic rings. The zero-order chi connectivity index (χ0) is 9.68. The molecule has 1 aromatic heterocycles. The van der Waals surface area contributed by atoms with Gasteiger partial charge in [0.1, 0.15) is 18.0 Å². The molecule has 1 heterocycles. The molecule has 0 spiro atoms. The monoisotopic (exact) mass is 178 g/mol. The summed E-state index contributed by atoms with van der Waals surface area (Å²) in [4.78, 5) is 7.79. The molecule has 3 N–H and O–H groups in total. The van der Waals surface area contributed by atoms with Crippen molar-refractivity contribution >= 4 is 11.6 Å². The molecule has 0 atom stereocenters. The zero-order valence-corrected chi connectivity index (χ0v) is 7.75. The Morgan fingerprint density at radius 2 is 2.38 bits per heavy atom. The molecule has 0 saturated carbocycles. The smallest absolute Gasteiger partial charge is 0.131 e. The van der Waals surface area contributed by atoms with E-state index in [-0.39, 0.29) is 0 Å². The Labute approximate surface area is 77.9 Å². The number of nitrogen functional groups attached to an aromatic ring is 1. The Kier molecular flexibility index (Phi) is 3.25. The van der Waals surface area contributed by atoms with Gasteiger partial charge >= 0.3 is 0 Å². The second-order valence-corrected chi connectivity index (χ2v) is 2.79. The van der Waals surface area contributed by atoms with E-state index < -0.39 is 0 Å². The highest BCUT2D eigenvalue weighted by molar-refractivity contribution is 5.43. The van der Waals surface area contributed by atoms with Crippen LogP contribution in [-0.2, 0) is 0 Å². The average Bonchev–Trinajstić information content (AvgIpc) is 2.14. The number of nitrogens with zero attached hydrogens (tertiary/aromatic N) is 2. The summed E-state index contributed by atoms with van der Waals surface area (Å²) in [6, 6.07) is 1.70. The van der Waals surface area contributed by atoms with E-state index in [0.717, 1.165) is 24.4 Å². The fourth-order valence-electron chi connectivity index (χ4n) is 0.810. The summed E-state index contributed by atoms with van der Waals surface area (Å²) in [5.74, 6) is 1.21. The lowest BCUT2D eigenvalue weighted by atomic mass is 10.2. The number of rotatable bonds is 4. The number of nitrogens with two attached hydrogens (primary N) is 1. The van der Waals surface area contributed by atoms with Gasteiger partial charge in [-0.1, -0.05) is 19.1 Å². The van der Waals surface area contributed by atoms with Crippen LogP contribution in [0.4, 0.5) is 11.6 Å². The predicted molar refractivity (Wildman–Crippen MR) is 54.4 cm³/mol. The maximum atomic E-state index is 5.48. The van der Waals surface area contributed by atoms with Crippen molar-refractivity contribution in [1.82, 2.24) is 9.97 Å². The van der Waals surface area contributed by atoms with Crippen molar-refractivity contribution in [1.29, 1.82) is 0 Å². The molecule has 0 aromatic carbocycles. The van der Waals surface area contributed by atoms with Gasteiger partial charge in [0.2, 0.25) is 0 Å². The van der Waals surface area contributed by atoms with Crippen molar-refractivity contribution in [3.63, 3.8) is 0 Å². The van der Waals surface area contributed by atoms with E-state index >= 15 is 0 Å². The molecule has 0 aliphatic heterocycles. The molecule has 13 heavy (non-hydrogen) atoms. The van der Waals surface area contributed by atoms with Gasteiger partial charge in [0.05, 0.1) is 0 Å². The van der Waals surface area contributed by atoms with Crippen molar-refractivity contribution < 1.29 is 0 Å². The van der Waals surface area contributed by atoms with Crippen LogP contribution in [-0.4, -0.2) is 16.5 Å². The van der Waals surface area contributed by atoms with Gasteiger partial charge < -0.3 is 11.1 Å². The summed E-state index contributed by atoms with van der Waals surface area (Å²) >= 11 is 0. The Bertz CT molecular complexity index is 295. The third kappa shape index (κ3) is 3.11. The third-order valence-electron chi connectivity index (χ3n) is 1.71. The highest BCUT2D eigenvalue weighted by atomic mass is 15.0. The minimum absolute atomic E-state index is 0.472. The van der Waals surface area contributed by atoms with Gasteiger partial charge in [0, 0.05) is 12.6 Å². The Morgan fingerprint density at radius 1 is 1.62 bits per heavy atom. The summed E-state index contributed by atoms with van der Waals surface area (Å²) < 4.78 is 0. The van der Waals surface area contributed by atoms with Gasteiger partial charge in [0.15, 0.2) is 0 Å². The first kappa shape index (κ1) is 9.51. The van der Waals surface area contributed by atoms with Gasteiger partial charge in [-0.25, -0.2) is 9.97 Å². The largest absolute Gasteiger partial charge is 0.384 e. The van der Waals surface area contributed by atoms with Crippen LogP contribution in [0.2, 0.25) is 0 Å². The normalized spacial score (nSPS) is 9.62. The maximum absolute atomic E-state index is 5.48. The third-order valence-corrected chi connectivity index (χ3v) is 1.71. The molecule has 0 amide bonds. The molecule has 0 aliphatic carbocycles. The van der Waals surface area contributed by atoms with E-state index in [9.17, 15) is 0 Å². The molecular formula is C9H14N4. The lowest BCUT2D eigenvalue weighted by Crippen LogP contribution is -2.05. The van der Waals surface area contributed by atoms with Crippen LogP contribution in [0.5, 0.6) is 0 Å². The molecule has 70 valence electrons. The summed E-state index contributed by atoms with van der Waals surface area (Å²) in [6.45, 7) is 6.67. The molecule has 4 heteroatoms. The summed E-state index contributed by atoms with van der Waals surface area (Å²) in [7, 11) is 0. The minimum Gasteiger partial charge on any atom is -0.384 e. The Hall–Kier alpha value is -1.58. The number of hydrogen-bond donors (Lipinski definition) is 2. The first-order valence-corrected chi connectivity index (χ1v) is 4.20. The van der Waals surface area contributed by atoms with Crippen LogP contribution in [0.1, 0.15) is 13.3 Å². The van der Waals surface area contributed by atoms with Crippen LogP contribution in [0.15, 0.2) is 24.5 Å². The van der Waals surface area contributed by atoms with Gasteiger partial charge in [-0.3, -0.25) is 0 Å². The van der Waals surface area contributed by atoms with E-state index in [1.54, 1.807) is 6.07 Å². The van der Waals surface area contributed by atoms with E-state index in [1.807, 2.05) is 0 Å². The number of nitrogens with one attached hydrogen (secondary N) is 1. The number of anilines is 2. The lowest BCUT2D eigenvalue weighted by molar-refractivity contribution is 1.03. The first-order valence-electron chi connectivity index (χ1n) is 4.20. The topological polar surface area (TPSA) is 63.8 Å². The van der Waals surface area contributed by atoms with E-state index in [2.05, 4.69) is 28.8 Å². The standard InChI is InChI=1S/C9H14N4/c1-3-7(2)5-11-9-4-8(10)12-6-13-9/h4,6H,2-3,5H2,1H3,(H3,10,11,12,13). The van der Waals surface area contributed by atoms with E-state index in [4.69, 9.17) is 5.73 Å². The SMILES string of the molecule is C=C(CC)CNc1cc(N)ncn1. The van der Waals surface area contributed by atoms with Gasteiger partial charge in [-0.15, -0.1) is 0 Å². The predicted octanol–water partition coefficient (Wildman–Crippen LogP) is 1.44. The van der Waals surface area contributed by atoms with Gasteiger partial charge in [-0.05, 0) is 6.42 Å². The van der Waals surface area contributed by atoms with Crippen molar-refractivity contribution in [2.75, 3.05) is 17.6 Å². The van der Waals surface area contributed by atoms with Crippen molar-refractivity contribution in [2.24, 2.45) is 0 Å². The quantitative estimate of drug-likeness (QED) is 0.685. The Balaban J connectivity index is 2.50. The second-order valence-electron chi connectivity index (χ2n) is 2.79. The number of aromatic nitrogens is 2. The molecule has 1 rings (SSSR count). The molecule has 0 aliphatic rings. The zero-order valence-electron chi connectivity index (χ0n) is 7.75. The maximum Gasteiger partial charge on any atom is 0.131 e. The fourth-order valence-corrected chi connectivity index (χ4v) is 0.810. The molecule has 0 bridgehead atoms. The highest BCUT2D eigenvalue weighted by Gasteiger charge is 1.95. The summed E-state index contributed by atoms with van der Waals surface area (Å²) in [6.07, 6.45) is 2.40. The average molecular weight is 178 g/mol. The molecular weight excluding hydrogens is 164 g/mol. The van der Waals surface area contributed by atoms with E-state index in [0.29, 0.717) is 5.82 Å². The van der Waals surface area contributed by atoms with Crippen LogP contribution in [0, 0.1) is 0 Å². The molecule has 0 unspecified atom stereocenters.